The lowest BCUT2D eigenvalue weighted by molar-refractivity contribution is 0.434. The number of benzene rings is 1. The third-order valence-electron chi connectivity index (χ3n) is 3.48. The molecule has 4 heteroatoms. The van der Waals surface area contributed by atoms with Crippen LogP contribution in [-0.4, -0.2) is 11.7 Å². The Morgan fingerprint density at radius 2 is 1.76 bits per heavy atom. The summed E-state index contributed by atoms with van der Waals surface area (Å²) < 4.78 is 6.39. The van der Waals surface area contributed by atoms with Crippen molar-refractivity contribution in [1.82, 2.24) is 5.16 Å². The van der Waals surface area contributed by atoms with Crippen LogP contribution in [0.2, 0.25) is 0 Å². The zero-order valence-corrected chi connectivity index (χ0v) is 14.2. The van der Waals surface area contributed by atoms with Gasteiger partial charge in [0.25, 0.3) is 0 Å². The Hall–Kier alpha value is -1.29. The fourth-order valence-corrected chi connectivity index (χ4v) is 2.50. The van der Waals surface area contributed by atoms with E-state index in [1.54, 1.807) is 0 Å². The van der Waals surface area contributed by atoms with Crippen molar-refractivity contribution in [2.75, 3.05) is 11.9 Å². The molecular formula is C17H23BrN2O. The molecule has 0 bridgehead atoms. The minimum absolute atomic E-state index is 0.751. The van der Waals surface area contributed by atoms with Gasteiger partial charge in [-0.25, -0.2) is 0 Å². The number of anilines is 1. The molecule has 0 aliphatic rings. The Morgan fingerprint density at radius 3 is 2.52 bits per heavy atom. The predicted octanol–water partition coefficient (Wildman–Crippen LogP) is 5.88. The Bertz CT molecular complexity index is 522. The summed E-state index contributed by atoms with van der Waals surface area (Å²) in [4.78, 5) is 0. The van der Waals surface area contributed by atoms with Crippen LogP contribution in [0, 0.1) is 0 Å². The van der Waals surface area contributed by atoms with Crippen molar-refractivity contribution in [3.05, 3.63) is 34.8 Å². The van der Waals surface area contributed by atoms with Gasteiger partial charge in [0.05, 0.1) is 0 Å². The minimum Gasteiger partial charge on any atom is -0.354 e. The zero-order valence-electron chi connectivity index (χ0n) is 12.6. The van der Waals surface area contributed by atoms with Crippen molar-refractivity contribution >= 4 is 21.8 Å². The molecule has 1 N–H and O–H groups in total. The molecule has 0 unspecified atom stereocenters. The van der Waals surface area contributed by atoms with Crippen LogP contribution in [0.25, 0.3) is 11.3 Å². The molecule has 2 aromatic rings. The zero-order chi connectivity index (χ0) is 14.9. The van der Waals surface area contributed by atoms with E-state index in [2.05, 4.69) is 33.3 Å². The Kier molecular flexibility index (Phi) is 6.80. The van der Waals surface area contributed by atoms with Gasteiger partial charge in [0, 0.05) is 22.6 Å². The topological polar surface area (TPSA) is 38.1 Å². The van der Waals surface area contributed by atoms with Gasteiger partial charge < -0.3 is 9.84 Å². The molecule has 1 heterocycles. The molecule has 3 nitrogen and oxygen atoms in total. The molecule has 0 fully saturated rings. The van der Waals surface area contributed by atoms with Gasteiger partial charge in [-0.15, -0.1) is 0 Å². The van der Waals surface area contributed by atoms with E-state index in [-0.39, 0.29) is 0 Å². The maximum absolute atomic E-state index is 5.32. The molecule has 114 valence electrons. The smallest absolute Gasteiger partial charge is 0.225 e. The van der Waals surface area contributed by atoms with Crippen LogP contribution in [0.15, 0.2) is 39.3 Å². The fourth-order valence-electron chi connectivity index (χ4n) is 2.23. The molecule has 0 atom stereocenters. The van der Waals surface area contributed by atoms with Crippen LogP contribution >= 0.6 is 15.9 Å². The molecule has 0 saturated heterocycles. The quantitative estimate of drug-likeness (QED) is 0.574. The normalized spacial score (nSPS) is 10.8. The predicted molar refractivity (Wildman–Crippen MR) is 91.5 cm³/mol. The number of halogens is 1. The first kappa shape index (κ1) is 16.1. The summed E-state index contributed by atoms with van der Waals surface area (Å²) in [6.07, 6.45) is 7.79. The van der Waals surface area contributed by atoms with Crippen LogP contribution in [-0.2, 0) is 0 Å². The molecule has 0 amide bonds. The van der Waals surface area contributed by atoms with Gasteiger partial charge in [0.1, 0.15) is 5.69 Å². The van der Waals surface area contributed by atoms with Gasteiger partial charge >= 0.3 is 0 Å². The highest BCUT2D eigenvalue weighted by Gasteiger charge is 2.05. The second-order valence-electron chi connectivity index (χ2n) is 5.28. The Balaban J connectivity index is 1.72. The van der Waals surface area contributed by atoms with Gasteiger partial charge in [-0.2, -0.15) is 0 Å². The largest absolute Gasteiger partial charge is 0.354 e. The van der Waals surface area contributed by atoms with Gasteiger partial charge in [-0.1, -0.05) is 72.2 Å². The molecule has 2 rings (SSSR count). The van der Waals surface area contributed by atoms with E-state index >= 15 is 0 Å². The number of aromatic nitrogens is 1. The first-order valence-corrected chi connectivity index (χ1v) is 8.55. The molecule has 0 radical (unpaired) electrons. The molecule has 0 aliphatic heterocycles. The lowest BCUT2D eigenvalue weighted by Crippen LogP contribution is -1.99. The van der Waals surface area contributed by atoms with E-state index < -0.39 is 0 Å². The van der Waals surface area contributed by atoms with E-state index in [9.17, 15) is 0 Å². The number of unbranched alkanes of at least 4 members (excludes halogenated alkanes) is 5. The SMILES string of the molecule is CCCCCCCCNc1cc(-c2ccc(Br)cc2)no1. The molecule has 1 aromatic heterocycles. The van der Waals surface area contributed by atoms with Gasteiger partial charge in [0.2, 0.25) is 5.88 Å². The maximum Gasteiger partial charge on any atom is 0.225 e. The van der Waals surface area contributed by atoms with E-state index in [1.807, 2.05) is 30.3 Å². The lowest BCUT2D eigenvalue weighted by atomic mass is 10.1. The van der Waals surface area contributed by atoms with Crippen molar-refractivity contribution in [3.8, 4) is 11.3 Å². The fraction of sp³-hybridized carbons (Fsp3) is 0.471. The summed E-state index contributed by atoms with van der Waals surface area (Å²) >= 11 is 3.43. The van der Waals surface area contributed by atoms with E-state index in [0.717, 1.165) is 28.2 Å². The van der Waals surface area contributed by atoms with Crippen LogP contribution in [0.3, 0.4) is 0 Å². The van der Waals surface area contributed by atoms with Crippen molar-refractivity contribution in [2.24, 2.45) is 0 Å². The number of hydrogen-bond donors (Lipinski definition) is 1. The summed E-state index contributed by atoms with van der Waals surface area (Å²) in [6.45, 7) is 3.19. The average molecular weight is 351 g/mol. The minimum atomic E-state index is 0.751. The highest BCUT2D eigenvalue weighted by Crippen LogP contribution is 2.23. The summed E-state index contributed by atoms with van der Waals surface area (Å²) in [5.74, 6) is 0.751. The standard InChI is InChI=1S/C17H23BrN2O/c1-2-3-4-5-6-7-12-19-17-13-16(20-21-17)14-8-10-15(18)11-9-14/h8-11,13,19H,2-7,12H2,1H3. The van der Waals surface area contributed by atoms with Crippen LogP contribution < -0.4 is 5.32 Å². The van der Waals surface area contributed by atoms with Gasteiger partial charge in [-0.05, 0) is 18.6 Å². The van der Waals surface area contributed by atoms with Crippen molar-refractivity contribution < 1.29 is 4.52 Å². The second-order valence-corrected chi connectivity index (χ2v) is 6.19. The highest BCUT2D eigenvalue weighted by atomic mass is 79.9. The second kappa shape index (κ2) is 8.88. The highest BCUT2D eigenvalue weighted by molar-refractivity contribution is 9.10. The number of rotatable bonds is 9. The van der Waals surface area contributed by atoms with Crippen molar-refractivity contribution in [2.45, 2.75) is 45.4 Å². The molecule has 0 spiro atoms. The monoisotopic (exact) mass is 350 g/mol. The first-order valence-electron chi connectivity index (χ1n) is 7.76. The van der Waals surface area contributed by atoms with Crippen molar-refractivity contribution in [3.63, 3.8) is 0 Å². The van der Waals surface area contributed by atoms with E-state index in [1.165, 1.54) is 38.5 Å². The first-order chi connectivity index (χ1) is 10.3. The molecule has 1 aromatic carbocycles. The van der Waals surface area contributed by atoms with Crippen LogP contribution in [0.1, 0.15) is 45.4 Å². The van der Waals surface area contributed by atoms with E-state index in [4.69, 9.17) is 4.52 Å². The molecule has 0 aliphatic carbocycles. The maximum atomic E-state index is 5.32. The summed E-state index contributed by atoms with van der Waals surface area (Å²) in [7, 11) is 0. The molecular weight excluding hydrogens is 328 g/mol. The lowest BCUT2D eigenvalue weighted by Gasteiger charge is -2.01. The summed E-state index contributed by atoms with van der Waals surface area (Å²) in [5.41, 5.74) is 1.93. The summed E-state index contributed by atoms with van der Waals surface area (Å²) in [5, 5.41) is 7.40. The van der Waals surface area contributed by atoms with Gasteiger partial charge in [-0.3, -0.25) is 0 Å². The Labute approximate surface area is 135 Å². The van der Waals surface area contributed by atoms with Crippen molar-refractivity contribution in [1.29, 1.82) is 0 Å². The van der Waals surface area contributed by atoms with E-state index in [0.29, 0.717) is 0 Å². The molecule has 21 heavy (non-hydrogen) atoms. The Morgan fingerprint density at radius 1 is 1.05 bits per heavy atom. The average Bonchev–Trinajstić information content (AvgIpc) is 2.96. The number of hydrogen-bond acceptors (Lipinski definition) is 3. The van der Waals surface area contributed by atoms with Gasteiger partial charge in [0.15, 0.2) is 0 Å². The van der Waals surface area contributed by atoms with Crippen LogP contribution in [0.4, 0.5) is 5.88 Å². The summed E-state index contributed by atoms with van der Waals surface area (Å²) in [6, 6.07) is 10.0. The number of nitrogens with one attached hydrogen (secondary N) is 1. The third-order valence-corrected chi connectivity index (χ3v) is 4.01. The third kappa shape index (κ3) is 5.54. The number of nitrogens with zero attached hydrogens (tertiary/aromatic N) is 1. The molecule has 0 saturated carbocycles. The van der Waals surface area contributed by atoms with Crippen LogP contribution in [0.5, 0.6) is 0 Å².